The van der Waals surface area contributed by atoms with Gasteiger partial charge in [0.15, 0.2) is 5.78 Å². The Morgan fingerprint density at radius 3 is 1.89 bits per heavy atom. The molecular formula is C4H6O4Ti. The van der Waals surface area contributed by atoms with Crippen molar-refractivity contribution in [3.63, 3.8) is 0 Å². The van der Waals surface area contributed by atoms with Crippen LogP contribution >= 0.6 is 0 Å². The quantitative estimate of drug-likeness (QED) is 0.417. The Kier molecular flexibility index (Phi) is 7.65. The van der Waals surface area contributed by atoms with Crippen molar-refractivity contribution in [2.45, 2.75) is 6.42 Å². The molecule has 0 saturated heterocycles. The Balaban J connectivity index is 0. The topological polar surface area (TPSA) is 74.6 Å². The van der Waals surface area contributed by atoms with Gasteiger partial charge in [-0.25, -0.2) is 0 Å². The third-order valence-corrected chi connectivity index (χ3v) is 0.525. The van der Waals surface area contributed by atoms with Crippen LogP contribution in [0.3, 0.4) is 0 Å². The predicted octanol–water partition coefficient (Wildman–Crippen LogP) is -0.980. The van der Waals surface area contributed by atoms with Crippen molar-refractivity contribution in [2.75, 3.05) is 6.61 Å². The van der Waals surface area contributed by atoms with Crippen LogP contribution in [0.2, 0.25) is 0 Å². The third kappa shape index (κ3) is 7.81. The van der Waals surface area contributed by atoms with Gasteiger partial charge in [0, 0.05) is 21.7 Å². The molecule has 0 aliphatic carbocycles. The van der Waals surface area contributed by atoms with Gasteiger partial charge in [0.25, 0.3) is 0 Å². The maximum Gasteiger partial charge on any atom is 0.310 e. The predicted molar refractivity (Wildman–Crippen MR) is 24.3 cm³/mol. The fraction of sp³-hybridized carbons (Fsp3) is 0.500. The molecule has 2 N–H and O–H groups in total. The number of aliphatic hydroxyl groups excluding tert-OH is 1. The molecule has 5 heteroatoms. The van der Waals surface area contributed by atoms with Crippen LogP contribution in [0.15, 0.2) is 0 Å². The van der Waals surface area contributed by atoms with Crippen molar-refractivity contribution in [3.05, 3.63) is 0 Å². The summed E-state index contributed by atoms with van der Waals surface area (Å²) in [6, 6.07) is 0. The van der Waals surface area contributed by atoms with Gasteiger partial charge in [-0.15, -0.1) is 0 Å². The van der Waals surface area contributed by atoms with E-state index in [-0.39, 0.29) is 21.7 Å². The number of hydrogen-bond acceptors (Lipinski definition) is 3. The van der Waals surface area contributed by atoms with E-state index in [9.17, 15) is 9.59 Å². The van der Waals surface area contributed by atoms with Crippen LogP contribution in [0, 0.1) is 0 Å². The first-order valence-electron chi connectivity index (χ1n) is 2.01. The molecule has 0 spiro atoms. The van der Waals surface area contributed by atoms with Gasteiger partial charge in [0.05, 0.1) is 0 Å². The van der Waals surface area contributed by atoms with Gasteiger partial charge in [0.2, 0.25) is 0 Å². The average Bonchev–Trinajstić information content (AvgIpc) is 1.65. The van der Waals surface area contributed by atoms with Gasteiger partial charge >= 0.3 is 5.97 Å². The normalized spacial score (nSPS) is 7.67. The number of hydrogen-bond donors (Lipinski definition) is 2. The summed E-state index contributed by atoms with van der Waals surface area (Å²) in [5, 5.41) is 15.9. The fourth-order valence-electron chi connectivity index (χ4n) is 0.225. The summed E-state index contributed by atoms with van der Waals surface area (Å²) in [6.07, 6.45) is -0.587. The Morgan fingerprint density at radius 1 is 1.33 bits per heavy atom. The molecule has 4 nitrogen and oxygen atoms in total. The minimum Gasteiger partial charge on any atom is -0.481 e. The Labute approximate surface area is 66.8 Å². The first kappa shape index (κ1) is 11.6. The van der Waals surface area contributed by atoms with Crippen LogP contribution in [-0.2, 0) is 31.3 Å². The maximum absolute atomic E-state index is 9.99. The SMILES string of the molecule is O=C(O)CC(=O)CO.[Ti]. The standard InChI is InChI=1S/C4H6O4.Ti/c5-2-3(6)1-4(7)8;/h5H,1-2H2,(H,7,8);. The molecule has 0 aromatic rings. The van der Waals surface area contributed by atoms with Crippen LogP contribution in [0.1, 0.15) is 6.42 Å². The zero-order valence-electron chi connectivity index (χ0n) is 4.63. The van der Waals surface area contributed by atoms with Crippen molar-refractivity contribution in [3.8, 4) is 0 Å². The van der Waals surface area contributed by atoms with Crippen molar-refractivity contribution in [2.24, 2.45) is 0 Å². The first-order valence-corrected chi connectivity index (χ1v) is 2.01. The molecule has 0 radical (unpaired) electrons. The molecule has 0 aromatic carbocycles. The summed E-state index contributed by atoms with van der Waals surface area (Å²) >= 11 is 0. The molecule has 0 saturated carbocycles. The van der Waals surface area contributed by atoms with E-state index in [1.165, 1.54) is 0 Å². The first-order chi connectivity index (χ1) is 3.66. The molecule has 0 heterocycles. The zero-order valence-corrected chi connectivity index (χ0v) is 6.19. The van der Waals surface area contributed by atoms with Crippen LogP contribution in [0.4, 0.5) is 0 Å². The van der Waals surface area contributed by atoms with E-state index in [2.05, 4.69) is 0 Å². The molecule has 50 valence electrons. The number of Topliss-reactive ketones (excluding diaryl/α,β-unsaturated/α-hetero) is 1. The van der Waals surface area contributed by atoms with Crippen molar-refractivity contribution in [1.82, 2.24) is 0 Å². The fourth-order valence-corrected chi connectivity index (χ4v) is 0.225. The maximum atomic E-state index is 9.99. The summed E-state index contributed by atoms with van der Waals surface area (Å²) in [4.78, 5) is 19.6. The Bertz CT molecular complexity index is 111. The van der Waals surface area contributed by atoms with Gasteiger partial charge < -0.3 is 10.2 Å². The number of carbonyl (C=O) groups is 2. The number of carbonyl (C=O) groups excluding carboxylic acids is 1. The number of rotatable bonds is 3. The van der Waals surface area contributed by atoms with Crippen molar-refractivity contribution >= 4 is 11.8 Å². The van der Waals surface area contributed by atoms with Crippen molar-refractivity contribution in [1.29, 1.82) is 0 Å². The number of carboxylic acids is 1. The second-order valence-electron chi connectivity index (χ2n) is 1.27. The van der Waals surface area contributed by atoms with Gasteiger partial charge in [-0.2, -0.15) is 0 Å². The van der Waals surface area contributed by atoms with Gasteiger partial charge in [-0.05, 0) is 0 Å². The van der Waals surface area contributed by atoms with E-state index in [0.717, 1.165) is 0 Å². The largest absolute Gasteiger partial charge is 0.481 e. The van der Waals surface area contributed by atoms with Crippen LogP contribution in [0.5, 0.6) is 0 Å². The summed E-state index contributed by atoms with van der Waals surface area (Å²) in [6.45, 7) is -0.688. The number of aliphatic hydroxyl groups is 1. The van der Waals surface area contributed by atoms with E-state index in [4.69, 9.17) is 10.2 Å². The minimum absolute atomic E-state index is 0. The van der Waals surface area contributed by atoms with E-state index in [1.54, 1.807) is 0 Å². The van der Waals surface area contributed by atoms with E-state index < -0.39 is 24.8 Å². The van der Waals surface area contributed by atoms with E-state index >= 15 is 0 Å². The van der Waals surface area contributed by atoms with Gasteiger partial charge in [-0.3, -0.25) is 9.59 Å². The minimum atomic E-state index is -1.20. The molecule has 0 rings (SSSR count). The second-order valence-corrected chi connectivity index (χ2v) is 1.27. The molecular weight excluding hydrogens is 160 g/mol. The molecule has 0 aromatic heterocycles. The molecule has 0 aliphatic rings. The third-order valence-electron chi connectivity index (χ3n) is 0.525. The average molecular weight is 166 g/mol. The van der Waals surface area contributed by atoms with Crippen LogP contribution < -0.4 is 0 Å². The molecule has 0 aliphatic heterocycles. The number of ketones is 1. The smallest absolute Gasteiger partial charge is 0.310 e. The summed E-state index contributed by atoms with van der Waals surface area (Å²) in [5.74, 6) is -1.87. The monoisotopic (exact) mass is 166 g/mol. The van der Waals surface area contributed by atoms with Gasteiger partial charge in [-0.1, -0.05) is 0 Å². The van der Waals surface area contributed by atoms with Crippen LogP contribution in [0.25, 0.3) is 0 Å². The molecule has 0 bridgehead atoms. The molecule has 0 amide bonds. The van der Waals surface area contributed by atoms with E-state index in [1.807, 2.05) is 0 Å². The second kappa shape index (κ2) is 5.94. The summed E-state index contributed by atoms with van der Waals surface area (Å²) < 4.78 is 0. The summed E-state index contributed by atoms with van der Waals surface area (Å²) in [7, 11) is 0. The summed E-state index contributed by atoms with van der Waals surface area (Å²) in [5.41, 5.74) is 0. The molecule has 0 fully saturated rings. The van der Waals surface area contributed by atoms with Crippen LogP contribution in [-0.4, -0.2) is 28.6 Å². The molecule has 0 unspecified atom stereocenters. The van der Waals surface area contributed by atoms with Gasteiger partial charge in [0.1, 0.15) is 13.0 Å². The Hall–Kier alpha value is -0.186. The van der Waals surface area contributed by atoms with E-state index in [0.29, 0.717) is 0 Å². The number of aliphatic carboxylic acids is 1. The van der Waals surface area contributed by atoms with Crippen molar-refractivity contribution < 1.29 is 41.5 Å². The Morgan fingerprint density at radius 2 is 1.78 bits per heavy atom. The molecule has 0 atom stereocenters. The molecule has 9 heavy (non-hydrogen) atoms. The number of carboxylic acid groups (broad SMARTS) is 1. The zero-order chi connectivity index (χ0) is 6.57.